The molecule has 4 aliphatic rings. The summed E-state index contributed by atoms with van der Waals surface area (Å²) in [5, 5.41) is 0.233. The second-order valence-corrected chi connectivity index (χ2v) is 29.6. The maximum absolute atomic E-state index is 15.9. The Morgan fingerprint density at radius 2 is 1.23 bits per heavy atom. The molecule has 0 aliphatic heterocycles. The number of nitrogens with zero attached hydrogens (tertiary/aromatic N) is 7. The summed E-state index contributed by atoms with van der Waals surface area (Å²) >= 11 is 6.17. The van der Waals surface area contributed by atoms with E-state index < -0.39 is 52.8 Å². The maximum Gasteiger partial charge on any atom is 0.280 e. The van der Waals surface area contributed by atoms with Gasteiger partial charge in [0.2, 0.25) is 11.9 Å². The maximum atomic E-state index is 15.9. The van der Waals surface area contributed by atoms with Gasteiger partial charge in [0.05, 0.1) is 36.9 Å². The molecule has 0 amide bonds. The van der Waals surface area contributed by atoms with Crippen LogP contribution in [0.2, 0.25) is 41.4 Å². The zero-order chi connectivity index (χ0) is 41.3. The number of hydrogen-bond acceptors (Lipinski definition) is 10. The first kappa shape index (κ1) is 41.2. The lowest BCUT2D eigenvalue weighted by molar-refractivity contribution is 0.0389. The summed E-state index contributed by atoms with van der Waals surface area (Å²) in [4.78, 5) is 35.6. The topological polar surface area (TPSA) is 178 Å². The minimum Gasteiger partial charge on any atom is -0.410 e. The van der Waals surface area contributed by atoms with Crippen LogP contribution in [0.15, 0.2) is 17.4 Å². The second kappa shape index (κ2) is 13.3. The summed E-state index contributed by atoms with van der Waals surface area (Å²) in [7, 11) is -4.24. The number of nitrogens with two attached hydrogens (primary N) is 2. The third-order valence-corrected chi connectivity index (χ3v) is 24.0. The standard InChI is InChI=1S/C19H29ClFN5OSi.C19H30FN5O2Si/c1-7-19-8-10(19)13(11(21)14(19)27-28(5,6)18(2,3)4)26-9-23-12-15(20)24-17(22)25-16(12)26;1-7-19-8-10(19)13(11(20)14(19)27-28(5,6)18(2,3)4)25-9-22-12-15(25)23-17(21)24-16(12)26/h9-11,13-14H,7-8H2,1-6H3,(H2,22,24,25);9-11,13-14H,7-8H2,1-6H3,(H3,21,23,24,26)/t2*10-,11+,13-,14+,19-/m11/s1. The van der Waals surface area contributed by atoms with Gasteiger partial charge in [-0.05, 0) is 73.8 Å². The largest absolute Gasteiger partial charge is 0.410 e. The van der Waals surface area contributed by atoms with Crippen LogP contribution in [0.4, 0.5) is 20.7 Å². The number of H-pyrrole nitrogens is 1. The van der Waals surface area contributed by atoms with E-state index in [1.807, 2.05) is 0 Å². The highest BCUT2D eigenvalue weighted by atomic mass is 35.5. The highest BCUT2D eigenvalue weighted by molar-refractivity contribution is 6.74. The molecule has 10 atom stereocenters. The van der Waals surface area contributed by atoms with E-state index in [0.29, 0.717) is 16.8 Å². The monoisotopic (exact) mass is 832 g/mol. The minimum absolute atomic E-state index is 0.00905. The number of hydrogen-bond donors (Lipinski definition) is 3. The van der Waals surface area contributed by atoms with Crippen molar-refractivity contribution in [2.45, 2.75) is 154 Å². The number of aromatic amines is 1. The van der Waals surface area contributed by atoms with E-state index in [9.17, 15) is 4.79 Å². The molecule has 308 valence electrons. The van der Waals surface area contributed by atoms with Crippen molar-refractivity contribution in [3.8, 4) is 0 Å². The second-order valence-electron chi connectivity index (χ2n) is 19.7. The zero-order valence-electron chi connectivity index (χ0n) is 34.7. The van der Waals surface area contributed by atoms with Crippen LogP contribution >= 0.6 is 11.6 Å². The number of halogens is 3. The van der Waals surface area contributed by atoms with Gasteiger partial charge in [-0.2, -0.15) is 15.0 Å². The van der Waals surface area contributed by atoms with Gasteiger partial charge >= 0.3 is 0 Å². The van der Waals surface area contributed by atoms with Gasteiger partial charge in [0.1, 0.15) is 17.9 Å². The van der Waals surface area contributed by atoms with Crippen molar-refractivity contribution in [1.29, 1.82) is 0 Å². The highest BCUT2D eigenvalue weighted by Crippen LogP contribution is 2.72. The smallest absolute Gasteiger partial charge is 0.280 e. The van der Waals surface area contributed by atoms with Gasteiger partial charge in [-0.15, -0.1) is 0 Å². The number of aromatic nitrogens is 8. The molecule has 4 aromatic rings. The lowest BCUT2D eigenvalue weighted by Gasteiger charge is -2.41. The van der Waals surface area contributed by atoms with Crippen LogP contribution in [-0.4, -0.2) is 80.2 Å². The van der Waals surface area contributed by atoms with Crippen LogP contribution in [0.25, 0.3) is 22.3 Å². The van der Waals surface area contributed by atoms with Crippen molar-refractivity contribution in [3.05, 3.63) is 28.2 Å². The average molecular weight is 834 g/mol. The quantitative estimate of drug-likeness (QED) is 0.116. The Morgan fingerprint density at radius 1 is 0.804 bits per heavy atom. The predicted molar refractivity (Wildman–Crippen MR) is 221 cm³/mol. The fraction of sp³-hybridized carbons (Fsp3) is 0.737. The van der Waals surface area contributed by atoms with Crippen molar-refractivity contribution < 1.29 is 17.6 Å². The molecule has 8 rings (SSSR count). The molecular formula is C38H59ClF2N10O3Si2. The summed E-state index contributed by atoms with van der Waals surface area (Å²) in [6, 6.07) is -0.807. The first-order valence-electron chi connectivity index (χ1n) is 19.9. The van der Waals surface area contributed by atoms with E-state index in [0.717, 1.165) is 25.7 Å². The molecule has 18 heteroatoms. The van der Waals surface area contributed by atoms with Crippen molar-refractivity contribution in [1.82, 2.24) is 39.0 Å². The van der Waals surface area contributed by atoms with Gasteiger partial charge in [-0.3, -0.25) is 9.78 Å². The Kier molecular flexibility index (Phi) is 9.75. The summed E-state index contributed by atoms with van der Waals surface area (Å²) in [6.07, 6.45) is 3.66. The summed E-state index contributed by atoms with van der Waals surface area (Å²) in [5.74, 6) is 0.440. The Morgan fingerprint density at radius 3 is 1.66 bits per heavy atom. The minimum atomic E-state index is -2.13. The van der Waals surface area contributed by atoms with E-state index in [1.165, 1.54) is 6.33 Å². The van der Waals surface area contributed by atoms with Crippen molar-refractivity contribution in [2.24, 2.45) is 22.7 Å². The van der Waals surface area contributed by atoms with Crippen LogP contribution < -0.4 is 17.0 Å². The Balaban J connectivity index is 0.000000172. The van der Waals surface area contributed by atoms with Crippen LogP contribution in [0.1, 0.15) is 93.2 Å². The van der Waals surface area contributed by atoms with E-state index in [2.05, 4.69) is 111 Å². The zero-order valence-corrected chi connectivity index (χ0v) is 37.5. The van der Waals surface area contributed by atoms with Gasteiger partial charge in [-0.1, -0.05) is 67.0 Å². The van der Waals surface area contributed by atoms with Gasteiger partial charge in [0.25, 0.3) is 5.56 Å². The third kappa shape index (κ3) is 6.24. The number of alkyl halides is 2. The Labute approximate surface area is 334 Å². The molecule has 0 spiro atoms. The highest BCUT2D eigenvalue weighted by Gasteiger charge is 2.74. The van der Waals surface area contributed by atoms with Gasteiger partial charge < -0.3 is 29.5 Å². The number of nitrogens with one attached hydrogen (secondary N) is 1. The lowest BCUT2D eigenvalue weighted by Crippen LogP contribution is -2.48. The molecule has 4 saturated carbocycles. The van der Waals surface area contributed by atoms with Crippen molar-refractivity contribution in [2.75, 3.05) is 11.5 Å². The molecular weight excluding hydrogens is 774 g/mol. The first-order chi connectivity index (χ1) is 25.9. The van der Waals surface area contributed by atoms with E-state index >= 15 is 8.78 Å². The van der Waals surface area contributed by atoms with Gasteiger partial charge in [-0.25, -0.2) is 18.7 Å². The molecule has 0 radical (unpaired) electrons. The summed E-state index contributed by atoms with van der Waals surface area (Å²) in [5.41, 5.74) is 12.3. The molecule has 0 bridgehead atoms. The Bertz CT molecular complexity index is 2220. The fourth-order valence-corrected chi connectivity index (χ4v) is 12.2. The van der Waals surface area contributed by atoms with Crippen molar-refractivity contribution in [3.63, 3.8) is 0 Å². The molecule has 0 aromatic carbocycles. The molecule has 4 heterocycles. The molecule has 4 fully saturated rings. The SMILES string of the molecule is CC[C@@]12C[C@@H]1[C@@H](n1cnc3c(=O)[nH]c(N)nc31)[C@H](F)[C@@H]2O[Si](C)(C)C(C)(C)C.CC[C@@]12C[C@@H]1[C@@H](n1cnc3c(Cl)nc(N)nc31)[C@H](F)[C@@H]2O[Si](C)(C)C(C)(C)C. The van der Waals surface area contributed by atoms with Crippen LogP contribution in [0.3, 0.4) is 0 Å². The summed E-state index contributed by atoms with van der Waals surface area (Å²) < 4.78 is 48.6. The van der Waals surface area contributed by atoms with Gasteiger partial charge in [0.15, 0.2) is 38.6 Å². The summed E-state index contributed by atoms with van der Waals surface area (Å²) in [6.45, 7) is 26.0. The van der Waals surface area contributed by atoms with E-state index in [1.54, 1.807) is 15.5 Å². The number of nitrogen functional groups attached to an aromatic ring is 2. The molecule has 0 unspecified atom stereocenters. The molecule has 5 N–H and O–H groups in total. The normalized spacial score (nSPS) is 32.7. The molecule has 56 heavy (non-hydrogen) atoms. The average Bonchev–Trinajstić information content (AvgIpc) is 3.80. The molecule has 4 aromatic heterocycles. The Hall–Kier alpha value is -3.00. The van der Waals surface area contributed by atoms with Crippen LogP contribution in [0.5, 0.6) is 0 Å². The van der Waals surface area contributed by atoms with Crippen LogP contribution in [0, 0.1) is 22.7 Å². The van der Waals surface area contributed by atoms with Crippen LogP contribution in [-0.2, 0) is 8.85 Å². The number of fused-ring (bicyclic) bond motifs is 4. The van der Waals surface area contributed by atoms with E-state index in [4.69, 9.17) is 31.9 Å². The third-order valence-electron chi connectivity index (χ3n) is 14.8. The fourth-order valence-electron chi connectivity index (χ4n) is 9.25. The van der Waals surface area contributed by atoms with E-state index in [-0.39, 0.29) is 61.4 Å². The predicted octanol–water partition coefficient (Wildman–Crippen LogP) is 8.16. The number of anilines is 2. The molecule has 13 nitrogen and oxygen atoms in total. The number of imidazole rings is 2. The lowest BCUT2D eigenvalue weighted by atomic mass is 9.97. The first-order valence-corrected chi connectivity index (χ1v) is 26.1. The molecule has 4 aliphatic carbocycles. The van der Waals surface area contributed by atoms with Gasteiger partial charge in [0, 0.05) is 10.8 Å². The number of rotatable bonds is 8. The van der Waals surface area contributed by atoms with Crippen molar-refractivity contribution >= 4 is 62.5 Å². The molecule has 0 saturated heterocycles.